The molecule has 0 saturated carbocycles. The van der Waals surface area contributed by atoms with Gasteiger partial charge in [-0.15, -0.1) is 35.0 Å². The van der Waals surface area contributed by atoms with Gasteiger partial charge in [0.15, 0.2) is 0 Å². The number of hydrogen-bond donors (Lipinski definition) is 3. The lowest BCUT2D eigenvalue weighted by atomic mass is 10.3. The second-order valence-electron chi connectivity index (χ2n) is 3.90. The Balaban J connectivity index is 2.04. The van der Waals surface area contributed by atoms with Crippen LogP contribution in [0.4, 0.5) is 0 Å². The van der Waals surface area contributed by atoms with Gasteiger partial charge in [0, 0.05) is 9.92 Å². The van der Waals surface area contributed by atoms with Crippen LogP contribution in [-0.2, 0) is 0 Å². The molecule has 2 rings (SSSR count). The maximum absolute atomic E-state index is 6.31. The predicted molar refractivity (Wildman–Crippen MR) is 79.5 cm³/mol. The second kappa shape index (κ2) is 6.66. The van der Waals surface area contributed by atoms with Crippen LogP contribution in [0.15, 0.2) is 29.2 Å². The molecule has 3 nitrogen and oxygen atoms in total. The van der Waals surface area contributed by atoms with Crippen molar-refractivity contribution in [3.05, 3.63) is 29.3 Å². The largest absolute Gasteiger partial charge is 0.293 e. The summed E-state index contributed by atoms with van der Waals surface area (Å²) in [6.45, 7) is 0. The van der Waals surface area contributed by atoms with E-state index in [-0.39, 0.29) is 22.5 Å². The van der Waals surface area contributed by atoms with Crippen molar-refractivity contribution in [2.75, 3.05) is 7.05 Å². The van der Waals surface area contributed by atoms with E-state index in [2.05, 4.69) is 16.0 Å². The third-order valence-electron chi connectivity index (χ3n) is 2.59. The van der Waals surface area contributed by atoms with Crippen LogP contribution >= 0.6 is 46.6 Å². The van der Waals surface area contributed by atoms with Gasteiger partial charge in [-0.2, -0.15) is 0 Å². The minimum absolute atomic E-state index is 0.0106. The van der Waals surface area contributed by atoms with Gasteiger partial charge in [-0.3, -0.25) is 16.0 Å². The van der Waals surface area contributed by atoms with Gasteiger partial charge in [0.05, 0.1) is 16.3 Å². The third-order valence-corrected chi connectivity index (χ3v) is 5.26. The molecular formula is C11H14Cl3N3S. The summed E-state index contributed by atoms with van der Waals surface area (Å²) in [4.78, 5) is 1.05. The number of nitrogens with one attached hydrogen (secondary N) is 3. The number of benzene rings is 1. The standard InChI is InChI=1S/C11H14Cl3N3S/c1-15-11-16-9(13)8(10(14)17-11)18-7-4-2-3-6(12)5-7/h2-5,8-11,15-17H,1H3. The van der Waals surface area contributed by atoms with E-state index in [1.165, 1.54) is 0 Å². The smallest absolute Gasteiger partial charge is 0.114 e. The SMILES string of the molecule is CNC1NC(Cl)C(Sc2cccc(Cl)c2)C(Cl)N1. The molecule has 1 aromatic rings. The van der Waals surface area contributed by atoms with E-state index < -0.39 is 0 Å². The predicted octanol–water partition coefficient (Wildman–Crippen LogP) is 2.63. The Morgan fingerprint density at radius 1 is 1.22 bits per heavy atom. The summed E-state index contributed by atoms with van der Waals surface area (Å²) in [5.41, 5.74) is -0.453. The molecule has 100 valence electrons. The molecule has 0 amide bonds. The molecule has 0 aliphatic carbocycles. The molecule has 1 aliphatic rings. The zero-order valence-electron chi connectivity index (χ0n) is 9.66. The van der Waals surface area contributed by atoms with Crippen molar-refractivity contribution >= 4 is 46.6 Å². The van der Waals surface area contributed by atoms with E-state index in [1.807, 2.05) is 31.3 Å². The van der Waals surface area contributed by atoms with Crippen molar-refractivity contribution in [1.29, 1.82) is 0 Å². The molecule has 0 aromatic heterocycles. The number of halogens is 3. The zero-order valence-corrected chi connectivity index (χ0v) is 12.7. The highest BCUT2D eigenvalue weighted by Gasteiger charge is 2.35. The summed E-state index contributed by atoms with van der Waals surface area (Å²) >= 11 is 20.2. The fourth-order valence-corrected chi connectivity index (χ4v) is 3.93. The number of alkyl halides is 2. The van der Waals surface area contributed by atoms with Crippen molar-refractivity contribution in [3.8, 4) is 0 Å². The van der Waals surface area contributed by atoms with Gasteiger partial charge in [-0.25, -0.2) is 0 Å². The first-order valence-corrected chi connectivity index (χ1v) is 7.63. The topological polar surface area (TPSA) is 36.1 Å². The van der Waals surface area contributed by atoms with Gasteiger partial charge in [0.1, 0.15) is 6.29 Å². The quantitative estimate of drug-likeness (QED) is 0.589. The highest BCUT2D eigenvalue weighted by Crippen LogP contribution is 2.33. The van der Waals surface area contributed by atoms with Crippen molar-refractivity contribution in [2.45, 2.75) is 27.4 Å². The lowest BCUT2D eigenvalue weighted by Gasteiger charge is -2.38. The van der Waals surface area contributed by atoms with E-state index >= 15 is 0 Å². The Hall–Kier alpha value is 0.320. The maximum atomic E-state index is 6.31. The molecule has 3 N–H and O–H groups in total. The molecule has 1 fully saturated rings. The highest BCUT2D eigenvalue weighted by atomic mass is 35.5. The molecule has 18 heavy (non-hydrogen) atoms. The Morgan fingerprint density at radius 2 is 1.89 bits per heavy atom. The Bertz CT molecular complexity index is 395. The first-order valence-electron chi connectivity index (χ1n) is 5.50. The van der Waals surface area contributed by atoms with Crippen LogP contribution in [-0.4, -0.2) is 29.6 Å². The van der Waals surface area contributed by atoms with E-state index in [9.17, 15) is 0 Å². The third kappa shape index (κ3) is 3.67. The highest BCUT2D eigenvalue weighted by molar-refractivity contribution is 8.00. The minimum atomic E-state index is -0.227. The van der Waals surface area contributed by atoms with Crippen molar-refractivity contribution < 1.29 is 0 Å². The first kappa shape index (κ1) is 14.7. The molecule has 0 radical (unpaired) electrons. The van der Waals surface area contributed by atoms with Gasteiger partial charge in [-0.05, 0) is 25.2 Å². The molecule has 2 atom stereocenters. The number of thioether (sulfide) groups is 1. The average Bonchev–Trinajstić information content (AvgIpc) is 2.33. The van der Waals surface area contributed by atoms with Gasteiger partial charge in [0.25, 0.3) is 0 Å². The Morgan fingerprint density at radius 3 is 2.44 bits per heavy atom. The van der Waals surface area contributed by atoms with E-state index in [1.54, 1.807) is 11.8 Å². The molecule has 0 bridgehead atoms. The number of hydrogen-bond acceptors (Lipinski definition) is 4. The minimum Gasteiger partial charge on any atom is -0.293 e. The van der Waals surface area contributed by atoms with Crippen LogP contribution in [0.3, 0.4) is 0 Å². The monoisotopic (exact) mass is 325 g/mol. The lowest BCUT2D eigenvalue weighted by molar-refractivity contribution is 0.302. The fraction of sp³-hybridized carbons (Fsp3) is 0.455. The van der Waals surface area contributed by atoms with Crippen LogP contribution in [0.5, 0.6) is 0 Å². The van der Waals surface area contributed by atoms with E-state index in [4.69, 9.17) is 34.8 Å². The first-order chi connectivity index (χ1) is 8.60. The molecular weight excluding hydrogens is 313 g/mol. The summed E-state index contributed by atoms with van der Waals surface area (Å²) in [5.74, 6) is 0. The summed E-state index contributed by atoms with van der Waals surface area (Å²) in [5, 5.41) is 10.1. The molecule has 1 saturated heterocycles. The Labute approximate surface area is 126 Å². The molecule has 7 heteroatoms. The lowest BCUT2D eigenvalue weighted by Crippen LogP contribution is -2.65. The second-order valence-corrected chi connectivity index (χ2v) is 6.53. The molecule has 1 heterocycles. The molecule has 0 spiro atoms. The van der Waals surface area contributed by atoms with Crippen LogP contribution in [0.25, 0.3) is 0 Å². The van der Waals surface area contributed by atoms with Crippen LogP contribution in [0.1, 0.15) is 0 Å². The summed E-state index contributed by atoms with van der Waals surface area (Å²) < 4.78 is 0. The maximum Gasteiger partial charge on any atom is 0.114 e. The normalized spacial score (nSPS) is 32.4. The van der Waals surface area contributed by atoms with Crippen molar-refractivity contribution in [1.82, 2.24) is 16.0 Å². The van der Waals surface area contributed by atoms with E-state index in [0.29, 0.717) is 5.02 Å². The zero-order chi connectivity index (χ0) is 13.1. The average molecular weight is 327 g/mol. The van der Waals surface area contributed by atoms with Gasteiger partial charge in [-0.1, -0.05) is 17.7 Å². The van der Waals surface area contributed by atoms with Gasteiger partial charge >= 0.3 is 0 Å². The van der Waals surface area contributed by atoms with Crippen LogP contribution in [0.2, 0.25) is 5.02 Å². The molecule has 1 aromatic carbocycles. The van der Waals surface area contributed by atoms with Crippen molar-refractivity contribution in [3.63, 3.8) is 0 Å². The fourth-order valence-electron chi connectivity index (χ4n) is 1.69. The summed E-state index contributed by atoms with van der Waals surface area (Å²) in [6.07, 6.45) is -0.0776. The van der Waals surface area contributed by atoms with Gasteiger partial charge < -0.3 is 0 Å². The van der Waals surface area contributed by atoms with Crippen molar-refractivity contribution in [2.24, 2.45) is 0 Å². The number of rotatable bonds is 3. The summed E-state index contributed by atoms with van der Waals surface area (Å²) in [6, 6.07) is 7.66. The van der Waals surface area contributed by atoms with Gasteiger partial charge in [0.2, 0.25) is 0 Å². The van der Waals surface area contributed by atoms with E-state index in [0.717, 1.165) is 4.90 Å². The summed E-state index contributed by atoms with van der Waals surface area (Å²) in [7, 11) is 1.84. The Kier molecular flexibility index (Phi) is 5.45. The molecule has 2 unspecified atom stereocenters. The van der Waals surface area contributed by atoms with Crippen LogP contribution < -0.4 is 16.0 Å². The molecule has 1 aliphatic heterocycles. The van der Waals surface area contributed by atoms with Crippen LogP contribution in [0, 0.1) is 0 Å².